The molecule has 4 aromatic rings. The normalized spacial score (nSPS) is 14.5. The number of aryl methyl sites for hydroxylation is 1. The van der Waals surface area contributed by atoms with Crippen LogP contribution in [0.15, 0.2) is 82.1 Å². The van der Waals surface area contributed by atoms with Gasteiger partial charge in [0.15, 0.2) is 11.5 Å². The maximum absolute atomic E-state index is 13.0. The number of nitrogens with zero attached hydrogens (tertiary/aromatic N) is 1. The molecule has 0 atom stereocenters. The molecule has 2 heterocycles. The molecular formula is C29H23NO5S2. The predicted molar refractivity (Wildman–Crippen MR) is 149 cm³/mol. The average molecular weight is 530 g/mol. The van der Waals surface area contributed by atoms with Crippen LogP contribution in [0.1, 0.15) is 34.2 Å². The Labute approximate surface area is 223 Å². The number of thiocarbonyl (C=S) groups is 1. The molecule has 1 aliphatic rings. The Balaban J connectivity index is 1.37. The molecule has 37 heavy (non-hydrogen) atoms. The monoisotopic (exact) mass is 529 g/mol. The van der Waals surface area contributed by atoms with Gasteiger partial charge in [0.2, 0.25) is 5.76 Å². The number of thioether (sulfide) groups is 1. The van der Waals surface area contributed by atoms with Crippen molar-refractivity contribution in [3.8, 4) is 11.5 Å². The number of hydrogen-bond acceptors (Lipinski definition) is 7. The van der Waals surface area contributed by atoms with Crippen molar-refractivity contribution in [1.82, 2.24) is 4.90 Å². The van der Waals surface area contributed by atoms with E-state index in [1.165, 1.54) is 11.8 Å². The Kier molecular flexibility index (Phi) is 7.12. The van der Waals surface area contributed by atoms with Gasteiger partial charge in [0, 0.05) is 10.9 Å². The van der Waals surface area contributed by atoms with Gasteiger partial charge < -0.3 is 13.9 Å². The molecule has 0 spiro atoms. The first-order valence-electron chi connectivity index (χ1n) is 11.7. The Morgan fingerprint density at radius 3 is 2.57 bits per heavy atom. The summed E-state index contributed by atoms with van der Waals surface area (Å²) in [7, 11) is 0. The summed E-state index contributed by atoms with van der Waals surface area (Å²) in [5.41, 5.74) is 3.07. The van der Waals surface area contributed by atoms with E-state index in [2.05, 4.69) is 0 Å². The topological polar surface area (TPSA) is 69.0 Å². The standard InChI is InChI=1S/C29H23NO5S2/c1-3-33-24-15-20(16-25-27(31)30(29(36)37-25)17-19-9-5-4-6-10-19)13-14-23(24)35-28(32)26-18(2)21-11-7-8-12-22(21)34-26/h4-16H,3,17H2,1-2H3/b25-16+. The summed E-state index contributed by atoms with van der Waals surface area (Å²) in [6.45, 7) is 4.46. The van der Waals surface area contributed by atoms with Crippen LogP contribution in [0, 0.1) is 6.92 Å². The molecule has 0 radical (unpaired) electrons. The van der Waals surface area contributed by atoms with Crippen LogP contribution >= 0.6 is 24.0 Å². The van der Waals surface area contributed by atoms with Gasteiger partial charge in [-0.3, -0.25) is 9.69 Å². The number of amides is 1. The van der Waals surface area contributed by atoms with Gasteiger partial charge >= 0.3 is 5.97 Å². The van der Waals surface area contributed by atoms with Crippen molar-refractivity contribution in [2.75, 3.05) is 6.61 Å². The fourth-order valence-corrected chi connectivity index (χ4v) is 5.29. The number of benzene rings is 3. The van der Waals surface area contributed by atoms with E-state index in [-0.39, 0.29) is 17.4 Å². The Hall–Kier alpha value is -3.88. The molecule has 0 unspecified atom stereocenters. The van der Waals surface area contributed by atoms with Crippen molar-refractivity contribution in [3.05, 3.63) is 100 Å². The van der Waals surface area contributed by atoms with Crippen molar-refractivity contribution in [3.63, 3.8) is 0 Å². The third kappa shape index (κ3) is 5.16. The number of fused-ring (bicyclic) bond motifs is 1. The number of rotatable bonds is 7. The van der Waals surface area contributed by atoms with Gasteiger partial charge in [-0.05, 0) is 49.2 Å². The number of para-hydroxylation sites is 1. The minimum Gasteiger partial charge on any atom is -0.490 e. The molecule has 0 saturated carbocycles. The highest BCUT2D eigenvalue weighted by Gasteiger charge is 2.32. The highest BCUT2D eigenvalue weighted by Crippen LogP contribution is 2.36. The minimum atomic E-state index is -0.607. The fourth-order valence-electron chi connectivity index (χ4n) is 4.04. The Morgan fingerprint density at radius 2 is 1.81 bits per heavy atom. The van der Waals surface area contributed by atoms with E-state index in [0.29, 0.717) is 39.3 Å². The Bertz CT molecular complexity index is 1540. The molecule has 0 bridgehead atoms. The number of ether oxygens (including phenoxy) is 2. The number of hydrogen-bond donors (Lipinski definition) is 0. The summed E-state index contributed by atoms with van der Waals surface area (Å²) >= 11 is 6.72. The van der Waals surface area contributed by atoms with Crippen LogP contribution in [0.4, 0.5) is 0 Å². The van der Waals surface area contributed by atoms with Crippen molar-refractivity contribution in [1.29, 1.82) is 0 Å². The van der Waals surface area contributed by atoms with Crippen LogP contribution in [-0.2, 0) is 11.3 Å². The molecule has 1 aliphatic heterocycles. The summed E-state index contributed by atoms with van der Waals surface area (Å²) in [6, 6.07) is 22.3. The molecule has 1 amide bonds. The van der Waals surface area contributed by atoms with Crippen LogP contribution < -0.4 is 9.47 Å². The van der Waals surface area contributed by atoms with Crippen molar-refractivity contribution >= 4 is 57.2 Å². The zero-order chi connectivity index (χ0) is 25.9. The van der Waals surface area contributed by atoms with E-state index >= 15 is 0 Å². The molecule has 0 aliphatic carbocycles. The molecule has 3 aromatic carbocycles. The fraction of sp³-hybridized carbons (Fsp3) is 0.138. The van der Waals surface area contributed by atoms with Gasteiger partial charge in [0.25, 0.3) is 5.91 Å². The summed E-state index contributed by atoms with van der Waals surface area (Å²) in [5, 5.41) is 0.861. The van der Waals surface area contributed by atoms with Crippen molar-refractivity contribution < 1.29 is 23.5 Å². The third-order valence-corrected chi connectivity index (χ3v) is 7.23. The lowest BCUT2D eigenvalue weighted by molar-refractivity contribution is -0.122. The predicted octanol–water partition coefficient (Wildman–Crippen LogP) is 6.76. The second kappa shape index (κ2) is 10.6. The van der Waals surface area contributed by atoms with Gasteiger partial charge in [-0.1, -0.05) is 78.6 Å². The quantitative estimate of drug-likeness (QED) is 0.113. The maximum Gasteiger partial charge on any atom is 0.380 e. The third-order valence-electron chi connectivity index (χ3n) is 5.85. The van der Waals surface area contributed by atoms with E-state index in [0.717, 1.165) is 16.5 Å². The summed E-state index contributed by atoms with van der Waals surface area (Å²) in [4.78, 5) is 28.1. The molecule has 0 N–H and O–H groups in total. The van der Waals surface area contributed by atoms with Gasteiger partial charge in [-0.2, -0.15) is 0 Å². The molecule has 186 valence electrons. The van der Waals surface area contributed by atoms with Gasteiger partial charge in [0.05, 0.1) is 18.1 Å². The first kappa shape index (κ1) is 24.8. The SMILES string of the molecule is CCOc1cc(/C=C2/SC(=S)N(Cc3ccccc3)C2=O)ccc1OC(=O)c1oc2ccccc2c1C. The van der Waals surface area contributed by atoms with Crippen LogP contribution in [0.2, 0.25) is 0 Å². The highest BCUT2D eigenvalue weighted by atomic mass is 32.2. The Morgan fingerprint density at radius 1 is 1.05 bits per heavy atom. The number of furan rings is 1. The summed E-state index contributed by atoms with van der Waals surface area (Å²) in [5.74, 6) is 0.0466. The highest BCUT2D eigenvalue weighted by molar-refractivity contribution is 8.26. The van der Waals surface area contributed by atoms with Crippen LogP contribution in [-0.4, -0.2) is 27.7 Å². The molecule has 8 heteroatoms. The second-order valence-electron chi connectivity index (χ2n) is 8.33. The second-order valence-corrected chi connectivity index (χ2v) is 10.0. The molecule has 5 rings (SSSR count). The number of carbonyl (C=O) groups excluding carboxylic acids is 2. The molecule has 6 nitrogen and oxygen atoms in total. The zero-order valence-electron chi connectivity index (χ0n) is 20.2. The lowest BCUT2D eigenvalue weighted by Crippen LogP contribution is -2.27. The largest absolute Gasteiger partial charge is 0.490 e. The maximum atomic E-state index is 13.0. The summed E-state index contributed by atoms with van der Waals surface area (Å²) < 4.78 is 17.7. The van der Waals surface area contributed by atoms with Gasteiger partial charge in [-0.15, -0.1) is 0 Å². The molecular weight excluding hydrogens is 506 g/mol. The molecule has 1 aromatic heterocycles. The first-order valence-corrected chi connectivity index (χ1v) is 12.9. The van der Waals surface area contributed by atoms with Crippen molar-refractivity contribution in [2.24, 2.45) is 0 Å². The van der Waals surface area contributed by atoms with E-state index < -0.39 is 5.97 Å². The van der Waals surface area contributed by atoms with E-state index in [9.17, 15) is 9.59 Å². The zero-order valence-corrected chi connectivity index (χ0v) is 21.9. The lowest BCUT2D eigenvalue weighted by Gasteiger charge is -2.14. The van der Waals surface area contributed by atoms with Crippen LogP contribution in [0.25, 0.3) is 17.0 Å². The average Bonchev–Trinajstić information content (AvgIpc) is 3.37. The lowest BCUT2D eigenvalue weighted by atomic mass is 10.1. The smallest absolute Gasteiger partial charge is 0.380 e. The van der Waals surface area contributed by atoms with Crippen LogP contribution in [0.3, 0.4) is 0 Å². The van der Waals surface area contributed by atoms with E-state index in [4.69, 9.17) is 26.1 Å². The molecule has 1 saturated heterocycles. The van der Waals surface area contributed by atoms with Gasteiger partial charge in [-0.25, -0.2) is 4.79 Å². The first-order chi connectivity index (χ1) is 17.9. The number of carbonyl (C=O) groups is 2. The minimum absolute atomic E-state index is 0.146. The summed E-state index contributed by atoms with van der Waals surface area (Å²) in [6.07, 6.45) is 1.77. The van der Waals surface area contributed by atoms with E-state index in [1.807, 2.05) is 68.4 Å². The molecule has 1 fully saturated rings. The van der Waals surface area contributed by atoms with Crippen molar-refractivity contribution in [2.45, 2.75) is 20.4 Å². The number of esters is 1. The van der Waals surface area contributed by atoms with Crippen LogP contribution in [0.5, 0.6) is 11.5 Å². The van der Waals surface area contributed by atoms with Gasteiger partial charge in [0.1, 0.15) is 9.90 Å². The van der Waals surface area contributed by atoms with E-state index in [1.54, 1.807) is 29.2 Å².